The van der Waals surface area contributed by atoms with Crippen LogP contribution in [0.2, 0.25) is 0 Å². The minimum absolute atomic E-state index is 0.0120. The molecule has 1 aromatic rings. The molecule has 0 atom stereocenters. The molecule has 0 spiro atoms. The zero-order chi connectivity index (χ0) is 13.1. The Morgan fingerprint density at radius 1 is 1.28 bits per heavy atom. The third-order valence-corrected chi connectivity index (χ3v) is 4.85. The lowest BCUT2D eigenvalue weighted by molar-refractivity contribution is 0.210. The van der Waals surface area contributed by atoms with Crippen molar-refractivity contribution >= 4 is 10.0 Å². The van der Waals surface area contributed by atoms with Crippen LogP contribution in [0, 0.1) is 0 Å². The van der Waals surface area contributed by atoms with E-state index in [1.165, 1.54) is 7.11 Å². The Kier molecular flexibility index (Phi) is 4.04. The number of nitrogens with one attached hydrogen (secondary N) is 1. The molecule has 1 aliphatic rings. The van der Waals surface area contributed by atoms with Crippen LogP contribution in [-0.2, 0) is 20.3 Å². The summed E-state index contributed by atoms with van der Waals surface area (Å²) in [6.07, 6.45) is 2.79. The Balaban J connectivity index is 2.15. The molecule has 1 aromatic carbocycles. The van der Waals surface area contributed by atoms with Crippen molar-refractivity contribution < 1.29 is 13.2 Å². The predicted octanol–water partition coefficient (Wildman–Crippen LogP) is 1.63. The van der Waals surface area contributed by atoms with Crippen molar-refractivity contribution in [2.45, 2.75) is 24.8 Å². The Bertz CT molecular complexity index is 480. The van der Waals surface area contributed by atoms with Crippen molar-refractivity contribution in [3.63, 3.8) is 0 Å². The topological polar surface area (TPSA) is 55.4 Å². The van der Waals surface area contributed by atoms with Gasteiger partial charge in [0, 0.05) is 7.11 Å². The van der Waals surface area contributed by atoms with Crippen LogP contribution in [0.15, 0.2) is 30.3 Å². The average Bonchev–Trinajstić information content (AvgIpc) is 2.33. The monoisotopic (exact) mass is 269 g/mol. The average molecular weight is 269 g/mol. The molecule has 5 heteroatoms. The van der Waals surface area contributed by atoms with Crippen molar-refractivity contribution in [3.8, 4) is 0 Å². The van der Waals surface area contributed by atoms with E-state index in [-0.39, 0.29) is 12.4 Å². The maximum atomic E-state index is 12.0. The molecule has 1 saturated carbocycles. The summed E-state index contributed by atoms with van der Waals surface area (Å²) in [5.41, 5.74) is 0.658. The van der Waals surface area contributed by atoms with Gasteiger partial charge in [-0.2, -0.15) is 0 Å². The van der Waals surface area contributed by atoms with Crippen LogP contribution < -0.4 is 4.72 Å². The molecule has 0 heterocycles. The standard InChI is InChI=1S/C13H19NO3S/c1-17-10-11-18(15,16)14-13(8-5-9-13)12-6-3-2-4-7-12/h2-4,6-7,14H,5,8-11H2,1H3. The van der Waals surface area contributed by atoms with Crippen molar-refractivity contribution in [3.05, 3.63) is 35.9 Å². The number of benzene rings is 1. The fraction of sp³-hybridized carbons (Fsp3) is 0.538. The predicted molar refractivity (Wildman–Crippen MR) is 70.8 cm³/mol. The first-order chi connectivity index (χ1) is 8.58. The molecule has 0 bridgehead atoms. The quantitative estimate of drug-likeness (QED) is 0.854. The van der Waals surface area contributed by atoms with E-state index in [9.17, 15) is 8.42 Å². The van der Waals surface area contributed by atoms with E-state index in [1.54, 1.807) is 0 Å². The van der Waals surface area contributed by atoms with Gasteiger partial charge in [-0.1, -0.05) is 30.3 Å². The molecule has 2 rings (SSSR count). The highest BCUT2D eigenvalue weighted by molar-refractivity contribution is 7.89. The summed E-state index contributed by atoms with van der Waals surface area (Å²) in [4.78, 5) is 0. The van der Waals surface area contributed by atoms with E-state index in [4.69, 9.17) is 4.74 Å². The van der Waals surface area contributed by atoms with Crippen LogP contribution in [0.5, 0.6) is 0 Å². The van der Waals surface area contributed by atoms with Gasteiger partial charge in [-0.3, -0.25) is 0 Å². The summed E-state index contributed by atoms with van der Waals surface area (Å²) >= 11 is 0. The number of sulfonamides is 1. The van der Waals surface area contributed by atoms with Gasteiger partial charge in [-0.05, 0) is 24.8 Å². The lowest BCUT2D eigenvalue weighted by Crippen LogP contribution is -2.51. The van der Waals surface area contributed by atoms with Gasteiger partial charge in [0.1, 0.15) is 0 Å². The smallest absolute Gasteiger partial charge is 0.214 e. The molecule has 18 heavy (non-hydrogen) atoms. The highest BCUT2D eigenvalue weighted by Gasteiger charge is 2.41. The fourth-order valence-corrected chi connectivity index (χ4v) is 3.68. The highest BCUT2D eigenvalue weighted by Crippen LogP contribution is 2.41. The molecule has 0 aromatic heterocycles. The number of rotatable bonds is 6. The van der Waals surface area contributed by atoms with Crippen LogP contribution >= 0.6 is 0 Å². The molecule has 0 amide bonds. The molecule has 4 nitrogen and oxygen atoms in total. The zero-order valence-corrected chi connectivity index (χ0v) is 11.4. The largest absolute Gasteiger partial charge is 0.384 e. The molecular weight excluding hydrogens is 250 g/mol. The number of methoxy groups -OCH3 is 1. The molecular formula is C13H19NO3S. The second kappa shape index (κ2) is 5.38. The normalized spacial score (nSPS) is 18.3. The van der Waals surface area contributed by atoms with Crippen molar-refractivity contribution in [2.75, 3.05) is 19.5 Å². The highest BCUT2D eigenvalue weighted by atomic mass is 32.2. The Morgan fingerprint density at radius 2 is 1.94 bits per heavy atom. The Hall–Kier alpha value is -0.910. The van der Waals surface area contributed by atoms with Crippen molar-refractivity contribution in [2.24, 2.45) is 0 Å². The van der Waals surface area contributed by atoms with E-state index in [2.05, 4.69) is 4.72 Å². The summed E-state index contributed by atoms with van der Waals surface area (Å²) in [6.45, 7) is 0.222. The molecule has 0 unspecified atom stereocenters. The molecule has 1 fully saturated rings. The van der Waals surface area contributed by atoms with Crippen LogP contribution in [0.1, 0.15) is 24.8 Å². The van der Waals surface area contributed by atoms with Gasteiger partial charge in [0.05, 0.1) is 17.9 Å². The zero-order valence-electron chi connectivity index (χ0n) is 10.6. The second-order valence-corrected chi connectivity index (χ2v) is 6.56. The summed E-state index contributed by atoms with van der Waals surface area (Å²) in [6, 6.07) is 9.79. The van der Waals surface area contributed by atoms with Crippen LogP contribution in [0.25, 0.3) is 0 Å². The van der Waals surface area contributed by atoms with E-state index >= 15 is 0 Å². The van der Waals surface area contributed by atoms with Gasteiger partial charge < -0.3 is 4.74 Å². The Labute approximate surface area is 108 Å². The molecule has 1 N–H and O–H groups in total. The number of ether oxygens (including phenoxy) is 1. The third kappa shape index (κ3) is 2.91. The van der Waals surface area contributed by atoms with Gasteiger partial charge in [-0.15, -0.1) is 0 Å². The van der Waals surface area contributed by atoms with E-state index in [0.29, 0.717) is 0 Å². The van der Waals surface area contributed by atoms with Crippen molar-refractivity contribution in [1.29, 1.82) is 0 Å². The summed E-state index contributed by atoms with van der Waals surface area (Å²) in [5, 5.41) is 0. The van der Waals surface area contributed by atoms with Crippen molar-refractivity contribution in [1.82, 2.24) is 4.72 Å². The third-order valence-electron chi connectivity index (χ3n) is 3.44. The SMILES string of the molecule is COCCS(=O)(=O)NC1(c2ccccc2)CCC1. The minimum Gasteiger partial charge on any atom is -0.384 e. The van der Waals surface area contributed by atoms with E-state index < -0.39 is 15.6 Å². The van der Waals surface area contributed by atoms with Gasteiger partial charge in [0.25, 0.3) is 0 Å². The molecule has 0 aliphatic heterocycles. The summed E-state index contributed by atoms with van der Waals surface area (Å²) < 4.78 is 31.6. The van der Waals surface area contributed by atoms with E-state index in [0.717, 1.165) is 24.8 Å². The first-order valence-electron chi connectivity index (χ1n) is 6.14. The Morgan fingerprint density at radius 3 is 2.44 bits per heavy atom. The molecule has 0 radical (unpaired) electrons. The van der Waals surface area contributed by atoms with Gasteiger partial charge in [-0.25, -0.2) is 13.1 Å². The molecule has 1 aliphatic carbocycles. The summed E-state index contributed by atoms with van der Waals surface area (Å²) in [5.74, 6) is 0.0120. The van der Waals surface area contributed by atoms with Crippen LogP contribution in [0.4, 0.5) is 0 Å². The minimum atomic E-state index is -3.29. The summed E-state index contributed by atoms with van der Waals surface area (Å²) in [7, 11) is -1.78. The lowest BCUT2D eigenvalue weighted by atomic mass is 9.73. The number of hydrogen-bond acceptors (Lipinski definition) is 3. The van der Waals surface area contributed by atoms with Crippen LogP contribution in [0.3, 0.4) is 0 Å². The maximum Gasteiger partial charge on any atom is 0.214 e. The van der Waals surface area contributed by atoms with Gasteiger partial charge >= 0.3 is 0 Å². The maximum absolute atomic E-state index is 12.0. The lowest BCUT2D eigenvalue weighted by Gasteiger charge is -2.42. The fourth-order valence-electron chi connectivity index (χ4n) is 2.28. The van der Waals surface area contributed by atoms with Crippen LogP contribution in [-0.4, -0.2) is 27.9 Å². The first-order valence-corrected chi connectivity index (χ1v) is 7.79. The molecule has 0 saturated heterocycles. The molecule has 100 valence electrons. The number of hydrogen-bond donors (Lipinski definition) is 1. The van der Waals surface area contributed by atoms with Gasteiger partial charge in [0.2, 0.25) is 10.0 Å². The first kappa shape index (κ1) is 13.5. The van der Waals surface area contributed by atoms with Gasteiger partial charge in [0.15, 0.2) is 0 Å². The second-order valence-electron chi connectivity index (χ2n) is 4.72. The van der Waals surface area contributed by atoms with E-state index in [1.807, 2.05) is 30.3 Å².